The highest BCUT2D eigenvalue weighted by Gasteiger charge is 2.21. The lowest BCUT2D eigenvalue weighted by Gasteiger charge is -2.32. The van der Waals surface area contributed by atoms with E-state index in [1.54, 1.807) is 30.5 Å². The predicted octanol–water partition coefficient (Wildman–Crippen LogP) is 4.60. The number of rotatable bonds is 11. The minimum atomic E-state index is -0.644. The molecule has 5 rings (SSSR count). The van der Waals surface area contributed by atoms with E-state index in [0.29, 0.717) is 64.3 Å². The molecule has 0 aliphatic carbocycles. The van der Waals surface area contributed by atoms with Crippen molar-refractivity contribution in [1.29, 1.82) is 0 Å². The number of nitrogens with one attached hydrogen (secondary N) is 1. The summed E-state index contributed by atoms with van der Waals surface area (Å²) in [4.78, 5) is 27.5. The van der Waals surface area contributed by atoms with Gasteiger partial charge in [-0.25, -0.2) is 9.97 Å². The number of ether oxygens (including phenoxy) is 3. The Morgan fingerprint density at radius 2 is 2.05 bits per heavy atom. The van der Waals surface area contributed by atoms with E-state index in [-0.39, 0.29) is 11.6 Å². The number of anilines is 2. The van der Waals surface area contributed by atoms with Crippen molar-refractivity contribution in [2.45, 2.75) is 19.1 Å². The molecule has 11 heteroatoms. The number of pyridine rings is 1. The largest absolute Gasteiger partial charge is 0.493 e. The third-order valence-electron chi connectivity index (χ3n) is 6.89. The molecule has 0 saturated carbocycles. The third-order valence-corrected chi connectivity index (χ3v) is 7.18. The van der Waals surface area contributed by atoms with Crippen molar-refractivity contribution in [3.8, 4) is 11.5 Å². The van der Waals surface area contributed by atoms with Crippen molar-refractivity contribution in [2.24, 2.45) is 5.73 Å². The van der Waals surface area contributed by atoms with E-state index in [1.165, 1.54) is 6.33 Å². The van der Waals surface area contributed by atoms with E-state index >= 15 is 0 Å². The zero-order chi connectivity index (χ0) is 28.8. The molecule has 2 aromatic carbocycles. The third kappa shape index (κ3) is 6.91. The number of halogens is 1. The number of hydrogen-bond donors (Lipinski definition) is 2. The molecule has 212 valence electrons. The fraction of sp³-hybridized carbons (Fsp3) is 0.267. The summed E-state index contributed by atoms with van der Waals surface area (Å²) in [6.07, 6.45) is 3.93. The number of carbonyl (C=O) groups is 1. The molecule has 0 spiro atoms. The highest BCUT2D eigenvalue weighted by molar-refractivity contribution is 6.32. The van der Waals surface area contributed by atoms with Crippen molar-refractivity contribution < 1.29 is 19.0 Å². The van der Waals surface area contributed by atoms with Crippen LogP contribution in [0.1, 0.15) is 17.7 Å². The Bertz CT molecular complexity index is 1550. The van der Waals surface area contributed by atoms with Crippen LogP contribution in [0.4, 0.5) is 11.5 Å². The van der Waals surface area contributed by atoms with Crippen LogP contribution < -0.4 is 20.5 Å². The van der Waals surface area contributed by atoms with Gasteiger partial charge in [-0.1, -0.05) is 24.2 Å². The van der Waals surface area contributed by atoms with Crippen molar-refractivity contribution in [2.75, 3.05) is 38.7 Å². The number of benzene rings is 2. The summed E-state index contributed by atoms with van der Waals surface area (Å²) in [5, 5.41) is 4.37. The number of morpholine rings is 1. The van der Waals surface area contributed by atoms with E-state index in [2.05, 4.69) is 38.8 Å². The highest BCUT2D eigenvalue weighted by atomic mass is 35.5. The maximum Gasteiger partial charge on any atom is 0.248 e. The van der Waals surface area contributed by atoms with Gasteiger partial charge in [0.25, 0.3) is 0 Å². The summed E-state index contributed by atoms with van der Waals surface area (Å²) in [6, 6.07) is 14.8. The van der Waals surface area contributed by atoms with Crippen LogP contribution in [0.15, 0.2) is 67.6 Å². The minimum Gasteiger partial charge on any atom is -0.493 e. The molecule has 4 aromatic rings. The summed E-state index contributed by atoms with van der Waals surface area (Å²) in [5.74, 6) is 0.874. The van der Waals surface area contributed by atoms with E-state index in [4.69, 9.17) is 31.5 Å². The van der Waals surface area contributed by atoms with Crippen LogP contribution in [0.2, 0.25) is 5.02 Å². The molecule has 3 heterocycles. The molecule has 10 nitrogen and oxygen atoms in total. The summed E-state index contributed by atoms with van der Waals surface area (Å²) in [7, 11) is 2.07. The molecule has 1 aliphatic rings. The first-order valence-corrected chi connectivity index (χ1v) is 13.5. The van der Waals surface area contributed by atoms with Crippen LogP contribution in [-0.4, -0.2) is 65.2 Å². The average molecular weight is 575 g/mol. The number of fused-ring (bicyclic) bond motifs is 1. The molecule has 0 radical (unpaired) electrons. The smallest absolute Gasteiger partial charge is 0.248 e. The van der Waals surface area contributed by atoms with E-state index in [0.717, 1.165) is 25.3 Å². The molecular formula is C30H31ClN6O4. The van der Waals surface area contributed by atoms with Crippen LogP contribution in [0, 0.1) is 0 Å². The standard InChI is InChI=1S/C30H31ClN6O4/c1-19(29(32)38)23-14-24-26(15-28(23)40-11-8-22-17-39-12-10-37(22)2)34-18-35-30(24)36-20-6-7-27(25(31)13-20)41-16-21-5-3-4-9-33-21/h3-7,9,13-15,18,22H,1,8,10-12,16-17H2,2H3,(H2,32,38)(H,34,35,36). The van der Waals surface area contributed by atoms with Crippen LogP contribution in [-0.2, 0) is 16.1 Å². The summed E-state index contributed by atoms with van der Waals surface area (Å²) >= 11 is 6.51. The first-order chi connectivity index (χ1) is 19.9. The molecule has 41 heavy (non-hydrogen) atoms. The molecule has 1 saturated heterocycles. The second-order valence-electron chi connectivity index (χ2n) is 9.66. The molecule has 1 aliphatic heterocycles. The highest BCUT2D eigenvalue weighted by Crippen LogP contribution is 2.35. The molecule has 0 bridgehead atoms. The van der Waals surface area contributed by atoms with Crippen molar-refractivity contribution in [1.82, 2.24) is 19.9 Å². The van der Waals surface area contributed by atoms with Crippen molar-refractivity contribution in [3.05, 3.63) is 83.9 Å². The number of carbonyl (C=O) groups excluding carboxylic acids is 1. The lowest BCUT2D eigenvalue weighted by molar-refractivity contribution is -0.112. The van der Waals surface area contributed by atoms with Crippen LogP contribution in [0.25, 0.3) is 16.5 Å². The lowest BCUT2D eigenvalue weighted by Crippen LogP contribution is -2.43. The molecule has 1 unspecified atom stereocenters. The number of amides is 1. The maximum atomic E-state index is 12.1. The Hall–Kier alpha value is -4.25. The SMILES string of the molecule is C=C(C(N)=O)c1cc2c(Nc3ccc(OCc4ccccn4)c(Cl)c3)ncnc2cc1OCCC1COCCN1C. The summed E-state index contributed by atoms with van der Waals surface area (Å²) < 4.78 is 17.6. The topological polar surface area (TPSA) is 125 Å². The molecule has 1 amide bonds. The average Bonchev–Trinajstić information content (AvgIpc) is 2.97. The maximum absolute atomic E-state index is 12.1. The fourth-order valence-corrected chi connectivity index (χ4v) is 4.72. The van der Waals surface area contributed by atoms with E-state index < -0.39 is 5.91 Å². The number of primary amides is 1. The van der Waals surface area contributed by atoms with E-state index in [1.807, 2.05) is 24.3 Å². The number of likely N-dealkylation sites (N-methyl/N-ethyl adjacent to an activating group) is 1. The lowest BCUT2D eigenvalue weighted by atomic mass is 10.0. The quantitative estimate of drug-likeness (QED) is 0.247. The molecular weight excluding hydrogens is 544 g/mol. The zero-order valence-corrected chi connectivity index (χ0v) is 23.4. The van der Waals surface area contributed by atoms with Gasteiger partial charge in [0.15, 0.2) is 0 Å². The number of hydrogen-bond acceptors (Lipinski definition) is 9. The minimum absolute atomic E-state index is 0.132. The van der Waals surface area contributed by atoms with Crippen LogP contribution >= 0.6 is 11.6 Å². The summed E-state index contributed by atoms with van der Waals surface area (Å²) in [5.41, 5.74) is 8.32. The Morgan fingerprint density at radius 1 is 1.17 bits per heavy atom. The van der Waals surface area contributed by atoms with Gasteiger partial charge in [-0.05, 0) is 49.9 Å². The number of nitrogens with two attached hydrogens (primary N) is 1. The second-order valence-corrected chi connectivity index (χ2v) is 10.1. The van der Waals surface area contributed by atoms with Crippen LogP contribution in [0.3, 0.4) is 0 Å². The normalized spacial score (nSPS) is 15.4. The van der Waals surface area contributed by atoms with Gasteiger partial charge in [0, 0.05) is 47.1 Å². The van der Waals surface area contributed by atoms with Gasteiger partial charge in [-0.2, -0.15) is 0 Å². The zero-order valence-electron chi connectivity index (χ0n) is 22.7. The number of aromatic nitrogens is 3. The molecule has 3 N–H and O–H groups in total. The van der Waals surface area contributed by atoms with Crippen molar-refractivity contribution in [3.63, 3.8) is 0 Å². The molecule has 1 fully saturated rings. The van der Waals surface area contributed by atoms with Gasteiger partial charge in [0.1, 0.15) is 30.3 Å². The first kappa shape index (κ1) is 28.3. The Morgan fingerprint density at radius 3 is 2.80 bits per heavy atom. The monoisotopic (exact) mass is 574 g/mol. The van der Waals surface area contributed by atoms with Gasteiger partial charge < -0.3 is 25.3 Å². The van der Waals surface area contributed by atoms with Gasteiger partial charge >= 0.3 is 0 Å². The van der Waals surface area contributed by atoms with Gasteiger partial charge in [-0.3, -0.25) is 14.7 Å². The van der Waals surface area contributed by atoms with E-state index in [9.17, 15) is 4.79 Å². The predicted molar refractivity (Wildman–Crippen MR) is 158 cm³/mol. The Balaban J connectivity index is 1.36. The Labute approximate surface area is 243 Å². The first-order valence-electron chi connectivity index (χ1n) is 13.2. The molecule has 1 atom stereocenters. The van der Waals surface area contributed by atoms with Gasteiger partial charge in [0.2, 0.25) is 5.91 Å². The second kappa shape index (κ2) is 12.9. The fourth-order valence-electron chi connectivity index (χ4n) is 4.49. The molecule has 2 aromatic heterocycles. The Kier molecular flexibility index (Phi) is 8.93. The van der Waals surface area contributed by atoms with Crippen LogP contribution in [0.5, 0.6) is 11.5 Å². The van der Waals surface area contributed by atoms with Gasteiger partial charge in [0.05, 0.1) is 36.1 Å². The van der Waals surface area contributed by atoms with Crippen molar-refractivity contribution >= 4 is 45.5 Å². The summed E-state index contributed by atoms with van der Waals surface area (Å²) in [6.45, 7) is 6.88. The van der Waals surface area contributed by atoms with Gasteiger partial charge in [-0.15, -0.1) is 0 Å². The number of nitrogens with zero attached hydrogens (tertiary/aromatic N) is 4.